The van der Waals surface area contributed by atoms with Gasteiger partial charge in [0.1, 0.15) is 5.82 Å². The topological polar surface area (TPSA) is 112 Å². The molecule has 0 fully saturated rings. The number of methoxy groups -OCH3 is 2. The van der Waals surface area contributed by atoms with Gasteiger partial charge in [0.25, 0.3) is 0 Å². The number of amides is 1. The second-order valence-electron chi connectivity index (χ2n) is 5.17. The lowest BCUT2D eigenvalue weighted by Crippen LogP contribution is -2.18. The monoisotopic (exact) mass is 378 g/mol. The van der Waals surface area contributed by atoms with Crippen molar-refractivity contribution in [1.29, 1.82) is 0 Å². The molecular weight excluding hydrogens is 360 g/mol. The first-order valence-corrected chi connectivity index (χ1v) is 8.45. The highest BCUT2D eigenvalue weighted by molar-refractivity contribution is 7.99. The van der Waals surface area contributed by atoms with Crippen LogP contribution in [-0.4, -0.2) is 52.6 Å². The van der Waals surface area contributed by atoms with E-state index in [4.69, 9.17) is 4.74 Å². The van der Waals surface area contributed by atoms with Gasteiger partial charge in [-0.1, -0.05) is 11.8 Å². The zero-order valence-electron chi connectivity index (χ0n) is 14.7. The molecule has 0 saturated heterocycles. The lowest BCUT2D eigenvalue weighted by Gasteiger charge is -2.11. The summed E-state index contributed by atoms with van der Waals surface area (Å²) in [6.07, 6.45) is 0. The van der Waals surface area contributed by atoms with E-state index in [-0.39, 0.29) is 28.5 Å². The first-order chi connectivity index (χ1) is 12.4. The molecule has 1 amide bonds. The molecule has 2 aromatic rings. The number of aryl methyl sites for hydroxylation is 1. The van der Waals surface area contributed by atoms with E-state index in [9.17, 15) is 14.4 Å². The Hall–Kier alpha value is -2.88. The second-order valence-corrected chi connectivity index (χ2v) is 6.11. The number of esters is 2. The summed E-state index contributed by atoms with van der Waals surface area (Å²) in [6, 6.07) is 4.19. The third-order valence-electron chi connectivity index (χ3n) is 3.51. The molecule has 0 bridgehead atoms. The van der Waals surface area contributed by atoms with E-state index < -0.39 is 11.9 Å². The highest BCUT2D eigenvalue weighted by atomic mass is 32.2. The Morgan fingerprint density at radius 1 is 1.15 bits per heavy atom. The number of thioether (sulfide) groups is 1. The Morgan fingerprint density at radius 3 is 2.42 bits per heavy atom. The number of nitrogens with one attached hydrogen (secondary N) is 1. The zero-order valence-corrected chi connectivity index (χ0v) is 15.5. The summed E-state index contributed by atoms with van der Waals surface area (Å²) in [7, 11) is 4.27. The van der Waals surface area contributed by atoms with Gasteiger partial charge in [-0.3, -0.25) is 4.79 Å². The lowest BCUT2D eigenvalue weighted by atomic mass is 10.1. The van der Waals surface area contributed by atoms with Gasteiger partial charge >= 0.3 is 11.9 Å². The molecule has 0 saturated carbocycles. The number of anilines is 1. The molecule has 10 heteroatoms. The van der Waals surface area contributed by atoms with Crippen LogP contribution in [0.15, 0.2) is 23.4 Å². The Morgan fingerprint density at radius 2 is 1.85 bits per heavy atom. The summed E-state index contributed by atoms with van der Waals surface area (Å²) in [5, 5.41) is 11.1. The molecule has 0 spiro atoms. The van der Waals surface area contributed by atoms with Gasteiger partial charge in [0.2, 0.25) is 5.91 Å². The van der Waals surface area contributed by atoms with Crippen molar-refractivity contribution in [3.8, 4) is 0 Å². The molecule has 26 heavy (non-hydrogen) atoms. The van der Waals surface area contributed by atoms with Gasteiger partial charge in [0, 0.05) is 7.05 Å². The van der Waals surface area contributed by atoms with Crippen LogP contribution in [-0.2, 0) is 21.3 Å². The smallest absolute Gasteiger partial charge is 0.339 e. The Kier molecular flexibility index (Phi) is 6.34. The molecule has 0 unspecified atom stereocenters. The summed E-state index contributed by atoms with van der Waals surface area (Å²) in [5.74, 6) is -0.807. The number of rotatable bonds is 6. The number of benzene rings is 1. The first-order valence-electron chi connectivity index (χ1n) is 7.46. The summed E-state index contributed by atoms with van der Waals surface area (Å²) in [6.45, 7) is 1.80. The zero-order chi connectivity index (χ0) is 19.3. The fourth-order valence-electron chi connectivity index (χ4n) is 2.01. The van der Waals surface area contributed by atoms with Crippen molar-refractivity contribution in [3.63, 3.8) is 0 Å². The van der Waals surface area contributed by atoms with Crippen LogP contribution in [0, 0.1) is 6.92 Å². The Labute approximate surface area is 154 Å². The Balaban J connectivity index is 2.17. The predicted octanol–water partition coefficient (Wildman–Crippen LogP) is 1.43. The first kappa shape index (κ1) is 19.4. The molecule has 9 nitrogen and oxygen atoms in total. The molecule has 2 rings (SSSR count). The van der Waals surface area contributed by atoms with Crippen molar-refractivity contribution in [3.05, 3.63) is 35.2 Å². The SMILES string of the molecule is COC(=O)c1ccc(C(=O)OC)c(NC(=O)CSc2nnc(C)n2C)c1. The van der Waals surface area contributed by atoms with Crippen LogP contribution >= 0.6 is 11.8 Å². The van der Waals surface area contributed by atoms with Gasteiger partial charge < -0.3 is 19.4 Å². The molecule has 138 valence electrons. The second kappa shape index (κ2) is 8.48. The minimum atomic E-state index is -0.631. The fraction of sp³-hybridized carbons (Fsp3) is 0.312. The minimum Gasteiger partial charge on any atom is -0.465 e. The van der Waals surface area contributed by atoms with Gasteiger partial charge in [0.15, 0.2) is 5.16 Å². The van der Waals surface area contributed by atoms with E-state index in [0.29, 0.717) is 5.16 Å². The molecule has 0 atom stereocenters. The quantitative estimate of drug-likeness (QED) is 0.593. The molecule has 0 aliphatic carbocycles. The molecule has 0 radical (unpaired) electrons. The van der Waals surface area contributed by atoms with Crippen LogP contribution in [0.4, 0.5) is 5.69 Å². The van der Waals surface area contributed by atoms with Gasteiger partial charge in [0.05, 0.1) is 36.8 Å². The normalized spacial score (nSPS) is 10.3. The number of ether oxygens (including phenoxy) is 2. The maximum absolute atomic E-state index is 12.3. The standard InChI is InChI=1S/C16H18N4O5S/c1-9-18-19-16(20(9)2)26-8-13(21)17-12-7-10(14(22)24-3)5-6-11(12)15(23)25-4/h5-7H,8H2,1-4H3,(H,17,21). The van der Waals surface area contributed by atoms with Gasteiger partial charge in [-0.2, -0.15) is 0 Å². The predicted molar refractivity (Wildman–Crippen MR) is 94.2 cm³/mol. The van der Waals surface area contributed by atoms with Crippen molar-refractivity contribution < 1.29 is 23.9 Å². The summed E-state index contributed by atoms with van der Waals surface area (Å²) in [5.41, 5.74) is 0.500. The number of carbonyl (C=O) groups excluding carboxylic acids is 3. The molecule has 1 aromatic heterocycles. The van der Waals surface area contributed by atoms with Crippen molar-refractivity contribution in [2.75, 3.05) is 25.3 Å². The van der Waals surface area contributed by atoms with Crippen molar-refractivity contribution in [2.24, 2.45) is 7.05 Å². The summed E-state index contributed by atoms with van der Waals surface area (Å²) >= 11 is 1.20. The third-order valence-corrected chi connectivity index (χ3v) is 4.53. The molecule has 1 N–H and O–H groups in total. The van der Waals surface area contributed by atoms with E-state index in [1.54, 1.807) is 18.5 Å². The van der Waals surface area contributed by atoms with Crippen LogP contribution in [0.2, 0.25) is 0 Å². The van der Waals surface area contributed by atoms with E-state index in [1.807, 2.05) is 0 Å². The van der Waals surface area contributed by atoms with Crippen LogP contribution in [0.1, 0.15) is 26.5 Å². The van der Waals surface area contributed by atoms with Gasteiger partial charge in [-0.15, -0.1) is 10.2 Å². The van der Waals surface area contributed by atoms with E-state index in [1.165, 1.54) is 44.2 Å². The van der Waals surface area contributed by atoms with Gasteiger partial charge in [-0.05, 0) is 25.1 Å². The van der Waals surface area contributed by atoms with E-state index in [0.717, 1.165) is 5.82 Å². The highest BCUT2D eigenvalue weighted by Gasteiger charge is 2.18. The molecule has 0 aliphatic heterocycles. The largest absolute Gasteiger partial charge is 0.465 e. The number of hydrogen-bond acceptors (Lipinski definition) is 8. The maximum atomic E-state index is 12.3. The van der Waals surface area contributed by atoms with Crippen molar-refractivity contribution >= 4 is 35.3 Å². The van der Waals surface area contributed by atoms with Crippen LogP contribution < -0.4 is 5.32 Å². The van der Waals surface area contributed by atoms with Crippen LogP contribution in [0.3, 0.4) is 0 Å². The number of carbonyl (C=O) groups is 3. The minimum absolute atomic E-state index is 0.0506. The van der Waals surface area contributed by atoms with Crippen LogP contribution in [0.5, 0.6) is 0 Å². The van der Waals surface area contributed by atoms with Crippen molar-refractivity contribution in [1.82, 2.24) is 14.8 Å². The van der Waals surface area contributed by atoms with Crippen LogP contribution in [0.25, 0.3) is 0 Å². The lowest BCUT2D eigenvalue weighted by molar-refractivity contribution is -0.113. The van der Waals surface area contributed by atoms with E-state index >= 15 is 0 Å². The molecule has 0 aliphatic rings. The number of hydrogen-bond donors (Lipinski definition) is 1. The number of aromatic nitrogens is 3. The average molecular weight is 378 g/mol. The van der Waals surface area contributed by atoms with Crippen molar-refractivity contribution in [2.45, 2.75) is 12.1 Å². The average Bonchev–Trinajstić information content (AvgIpc) is 2.97. The van der Waals surface area contributed by atoms with Gasteiger partial charge in [-0.25, -0.2) is 9.59 Å². The summed E-state index contributed by atoms with van der Waals surface area (Å²) < 4.78 is 11.1. The highest BCUT2D eigenvalue weighted by Crippen LogP contribution is 2.21. The molecule has 1 heterocycles. The third kappa shape index (κ3) is 4.39. The Bertz CT molecular complexity index is 849. The maximum Gasteiger partial charge on any atom is 0.339 e. The molecule has 1 aromatic carbocycles. The fourth-order valence-corrected chi connectivity index (χ4v) is 2.77. The number of nitrogens with zero attached hydrogens (tertiary/aromatic N) is 3. The molecular formula is C16H18N4O5S. The summed E-state index contributed by atoms with van der Waals surface area (Å²) in [4.78, 5) is 35.8. The van der Waals surface area contributed by atoms with E-state index in [2.05, 4.69) is 20.3 Å².